The molecule has 2 aromatic carbocycles. The van der Waals surface area contributed by atoms with Gasteiger partial charge in [0.05, 0.1) is 29.9 Å². The SMILES string of the molecule is COC(=O)N1c2ccc3c(nc(CCc4cccc(OC(C)C)c4)n3C3CC4(CNC4)C3)c2CC[C@@H]1C. The van der Waals surface area contributed by atoms with Crippen LogP contribution in [-0.4, -0.2) is 48.0 Å². The molecular weight excluding hydrogens is 464 g/mol. The van der Waals surface area contributed by atoms with Crippen LogP contribution in [0.5, 0.6) is 5.75 Å². The van der Waals surface area contributed by atoms with Crippen LogP contribution in [-0.2, 0) is 24.0 Å². The lowest BCUT2D eigenvalue weighted by atomic mass is 9.61. The Kier molecular flexibility index (Phi) is 6.14. The molecule has 7 nitrogen and oxygen atoms in total. The van der Waals surface area contributed by atoms with Crippen molar-refractivity contribution in [3.8, 4) is 5.75 Å². The lowest BCUT2D eigenvalue weighted by Gasteiger charge is -2.55. The maximum absolute atomic E-state index is 12.6. The van der Waals surface area contributed by atoms with Gasteiger partial charge in [0.1, 0.15) is 11.6 Å². The molecule has 3 aliphatic rings. The van der Waals surface area contributed by atoms with E-state index >= 15 is 0 Å². The van der Waals surface area contributed by atoms with Crippen molar-refractivity contribution in [1.29, 1.82) is 0 Å². The third-order valence-electron chi connectivity index (χ3n) is 8.51. The number of aryl methyl sites for hydroxylation is 3. The maximum Gasteiger partial charge on any atom is 0.414 e. The van der Waals surface area contributed by atoms with Gasteiger partial charge >= 0.3 is 6.09 Å². The first-order valence-electron chi connectivity index (χ1n) is 13.7. The fourth-order valence-electron chi connectivity index (χ4n) is 6.60. The Balaban J connectivity index is 1.36. The van der Waals surface area contributed by atoms with Gasteiger partial charge in [-0.1, -0.05) is 12.1 Å². The maximum atomic E-state index is 12.6. The van der Waals surface area contributed by atoms with Gasteiger partial charge in [-0.15, -0.1) is 0 Å². The second kappa shape index (κ2) is 9.35. The van der Waals surface area contributed by atoms with Crippen molar-refractivity contribution >= 4 is 22.8 Å². The predicted octanol–water partition coefficient (Wildman–Crippen LogP) is 5.44. The highest BCUT2D eigenvalue weighted by molar-refractivity contribution is 5.95. The number of ether oxygens (including phenoxy) is 2. The quantitative estimate of drug-likeness (QED) is 0.486. The Morgan fingerprint density at radius 2 is 2.00 bits per heavy atom. The van der Waals surface area contributed by atoms with Crippen LogP contribution in [0.15, 0.2) is 36.4 Å². The largest absolute Gasteiger partial charge is 0.491 e. The number of carbonyl (C=O) groups is 1. The number of amides is 1. The van der Waals surface area contributed by atoms with Gasteiger partial charge in [0.15, 0.2) is 0 Å². The van der Waals surface area contributed by atoms with Crippen molar-refractivity contribution < 1.29 is 14.3 Å². The highest BCUT2D eigenvalue weighted by Crippen LogP contribution is 2.52. The number of carbonyl (C=O) groups excluding carboxylic acids is 1. The zero-order valence-electron chi connectivity index (χ0n) is 22.4. The van der Waals surface area contributed by atoms with Gasteiger partial charge in [0, 0.05) is 37.2 Å². The van der Waals surface area contributed by atoms with Crippen molar-refractivity contribution in [2.75, 3.05) is 25.1 Å². The minimum absolute atomic E-state index is 0.108. The van der Waals surface area contributed by atoms with Gasteiger partial charge < -0.3 is 19.4 Å². The summed E-state index contributed by atoms with van der Waals surface area (Å²) >= 11 is 0. The molecule has 3 heterocycles. The molecule has 0 bridgehead atoms. The summed E-state index contributed by atoms with van der Waals surface area (Å²) in [6.07, 6.45) is 5.88. The Morgan fingerprint density at radius 1 is 1.19 bits per heavy atom. The fourth-order valence-corrected chi connectivity index (χ4v) is 6.60. The molecular formula is C30H38N4O3. The molecule has 6 rings (SSSR count). The molecule has 1 spiro atoms. The Labute approximate surface area is 219 Å². The zero-order chi connectivity index (χ0) is 25.7. The molecule has 1 aromatic heterocycles. The van der Waals surface area contributed by atoms with Crippen molar-refractivity contribution in [1.82, 2.24) is 14.9 Å². The summed E-state index contributed by atoms with van der Waals surface area (Å²) in [5.74, 6) is 2.07. The smallest absolute Gasteiger partial charge is 0.414 e. The number of rotatable bonds is 6. The summed E-state index contributed by atoms with van der Waals surface area (Å²) in [5, 5.41) is 3.47. The molecule has 7 heteroatoms. The topological polar surface area (TPSA) is 68.6 Å². The lowest BCUT2D eigenvalue weighted by molar-refractivity contribution is 0.00810. The van der Waals surface area contributed by atoms with Crippen LogP contribution in [0, 0.1) is 5.41 Å². The minimum atomic E-state index is -0.297. The van der Waals surface area contributed by atoms with Crippen LogP contribution >= 0.6 is 0 Å². The second-order valence-electron chi connectivity index (χ2n) is 11.5. The third kappa shape index (κ3) is 4.27. The van der Waals surface area contributed by atoms with E-state index in [9.17, 15) is 4.79 Å². The number of aromatic nitrogens is 2. The van der Waals surface area contributed by atoms with Crippen molar-refractivity contribution in [3.63, 3.8) is 0 Å². The number of hydrogen-bond acceptors (Lipinski definition) is 5. The monoisotopic (exact) mass is 502 g/mol. The number of hydrogen-bond donors (Lipinski definition) is 1. The molecule has 1 aliphatic carbocycles. The summed E-state index contributed by atoms with van der Waals surface area (Å²) in [5.41, 5.74) is 6.12. The van der Waals surface area contributed by atoms with Gasteiger partial charge in [-0.05, 0) is 88.1 Å². The van der Waals surface area contributed by atoms with E-state index in [1.165, 1.54) is 36.6 Å². The normalized spacial score (nSPS) is 20.6. The number of nitrogens with zero attached hydrogens (tertiary/aromatic N) is 3. The summed E-state index contributed by atoms with van der Waals surface area (Å²) < 4.78 is 13.6. The standard InChI is InChI=1S/C30H38N4O3/c1-19(2)37-23-7-5-6-21(14-23)9-13-27-32-28-24-10-8-20(3)33(29(35)36-4)25(24)11-12-26(28)34(27)22-15-30(16-22)17-31-18-30/h5-7,11-12,14,19-20,22,31H,8-10,13,15-18H2,1-4H3/t20-/m0/s1. The first kappa shape index (κ1) is 24.3. The molecule has 1 amide bonds. The number of benzene rings is 2. The molecule has 0 radical (unpaired) electrons. The van der Waals surface area contributed by atoms with E-state index in [1.54, 1.807) is 4.90 Å². The first-order valence-corrected chi connectivity index (χ1v) is 13.7. The second-order valence-corrected chi connectivity index (χ2v) is 11.5. The van der Waals surface area contributed by atoms with Gasteiger partial charge in [0.25, 0.3) is 0 Å². The van der Waals surface area contributed by atoms with Crippen LogP contribution in [0.2, 0.25) is 0 Å². The van der Waals surface area contributed by atoms with Crippen LogP contribution in [0.1, 0.15) is 63.0 Å². The molecule has 3 aromatic rings. The van der Waals surface area contributed by atoms with Gasteiger partial charge in [-0.2, -0.15) is 0 Å². The molecule has 1 atom stereocenters. The van der Waals surface area contributed by atoms with E-state index in [4.69, 9.17) is 14.5 Å². The summed E-state index contributed by atoms with van der Waals surface area (Å²) in [7, 11) is 1.46. The first-order chi connectivity index (χ1) is 17.9. The van der Waals surface area contributed by atoms with Crippen molar-refractivity contribution in [3.05, 3.63) is 53.3 Å². The van der Waals surface area contributed by atoms with E-state index in [-0.39, 0.29) is 18.2 Å². The molecule has 2 fully saturated rings. The Morgan fingerprint density at radius 3 is 2.70 bits per heavy atom. The number of methoxy groups -OCH3 is 1. The van der Waals surface area contributed by atoms with Crippen LogP contribution in [0.4, 0.5) is 10.5 Å². The minimum Gasteiger partial charge on any atom is -0.491 e. The number of imidazole rings is 1. The van der Waals surface area contributed by atoms with Crippen LogP contribution in [0.3, 0.4) is 0 Å². The number of fused-ring (bicyclic) bond motifs is 3. The summed E-state index contributed by atoms with van der Waals surface area (Å²) in [6.45, 7) is 8.47. The summed E-state index contributed by atoms with van der Waals surface area (Å²) in [6, 6.07) is 13.3. The summed E-state index contributed by atoms with van der Waals surface area (Å²) in [4.78, 5) is 19.7. The number of nitrogens with one attached hydrogen (secondary N) is 1. The molecule has 2 aliphatic heterocycles. The highest BCUT2D eigenvalue weighted by Gasteiger charge is 2.49. The van der Waals surface area contributed by atoms with Crippen LogP contribution < -0.4 is 15.0 Å². The Hall–Kier alpha value is -3.06. The third-order valence-corrected chi connectivity index (χ3v) is 8.51. The predicted molar refractivity (Wildman–Crippen MR) is 146 cm³/mol. The van der Waals surface area contributed by atoms with E-state index < -0.39 is 0 Å². The Bertz CT molecular complexity index is 1320. The van der Waals surface area contributed by atoms with Gasteiger partial charge in [0.2, 0.25) is 0 Å². The average molecular weight is 503 g/mol. The van der Waals surface area contributed by atoms with Gasteiger partial charge in [-0.25, -0.2) is 9.78 Å². The fraction of sp³-hybridized carbons (Fsp3) is 0.533. The van der Waals surface area contributed by atoms with E-state index in [1.807, 2.05) is 6.07 Å². The van der Waals surface area contributed by atoms with Crippen molar-refractivity contribution in [2.24, 2.45) is 5.41 Å². The molecule has 1 saturated carbocycles. The molecule has 37 heavy (non-hydrogen) atoms. The molecule has 0 unspecified atom stereocenters. The van der Waals surface area contributed by atoms with Crippen LogP contribution in [0.25, 0.3) is 11.0 Å². The highest BCUT2D eigenvalue weighted by atomic mass is 16.5. The van der Waals surface area contributed by atoms with E-state index in [0.717, 1.165) is 61.6 Å². The zero-order valence-corrected chi connectivity index (χ0v) is 22.4. The molecule has 1 saturated heterocycles. The van der Waals surface area contributed by atoms with E-state index in [0.29, 0.717) is 11.5 Å². The number of anilines is 1. The molecule has 196 valence electrons. The van der Waals surface area contributed by atoms with E-state index in [2.05, 4.69) is 61.0 Å². The lowest BCUT2D eigenvalue weighted by Crippen LogP contribution is -2.60. The van der Waals surface area contributed by atoms with Crippen molar-refractivity contribution in [2.45, 2.75) is 77.5 Å². The molecule has 1 N–H and O–H groups in total. The average Bonchev–Trinajstić information content (AvgIpc) is 3.19. The van der Waals surface area contributed by atoms with Gasteiger partial charge in [-0.3, -0.25) is 4.90 Å².